The molecule has 5 heteroatoms. The van der Waals surface area contributed by atoms with Gasteiger partial charge >= 0.3 is 0 Å². The van der Waals surface area contributed by atoms with Crippen molar-refractivity contribution in [1.29, 1.82) is 0 Å². The maximum Gasteiger partial charge on any atom is 0.252 e. The summed E-state index contributed by atoms with van der Waals surface area (Å²) in [6.07, 6.45) is 0. The number of carbonyl (C=O) groups is 1. The summed E-state index contributed by atoms with van der Waals surface area (Å²) in [6, 6.07) is 14.6. The van der Waals surface area contributed by atoms with Gasteiger partial charge < -0.3 is 14.8 Å². The number of ether oxygens (including phenoxy) is 2. The van der Waals surface area contributed by atoms with Crippen LogP contribution < -0.4 is 14.8 Å². The molecular weight excluding hydrogens is 370 g/mol. The number of rotatable bonds is 6. The van der Waals surface area contributed by atoms with Gasteiger partial charge in [-0.1, -0.05) is 33.8 Å². The number of hydrogen-bond acceptors (Lipinski definition) is 3. The minimum atomic E-state index is -0.166. The fourth-order valence-corrected chi connectivity index (χ4v) is 2.26. The molecule has 124 valence electrons. The molecule has 0 spiro atoms. The summed E-state index contributed by atoms with van der Waals surface area (Å²) in [7, 11) is 0. The first-order valence-corrected chi connectivity index (χ1v) is 8.33. The van der Waals surface area contributed by atoms with Crippen molar-refractivity contribution in [2.45, 2.75) is 6.92 Å². The second kappa shape index (κ2) is 9.64. The van der Waals surface area contributed by atoms with Gasteiger partial charge in [-0.3, -0.25) is 4.79 Å². The normalized spacial score (nSPS) is 9.58. The fraction of sp³-hybridized carbons (Fsp3) is 0.211. The van der Waals surface area contributed by atoms with Crippen LogP contribution in [-0.2, 0) is 0 Å². The highest BCUT2D eigenvalue weighted by atomic mass is 79.9. The number of hydrogen-bond donors (Lipinski definition) is 1. The van der Waals surface area contributed by atoms with Gasteiger partial charge in [-0.15, -0.1) is 0 Å². The Hall–Kier alpha value is -2.45. The molecule has 2 aromatic carbocycles. The molecule has 2 aromatic rings. The van der Waals surface area contributed by atoms with Crippen molar-refractivity contribution >= 4 is 21.8 Å². The van der Waals surface area contributed by atoms with E-state index in [2.05, 4.69) is 33.1 Å². The zero-order valence-electron chi connectivity index (χ0n) is 13.3. The smallest absolute Gasteiger partial charge is 0.252 e. The van der Waals surface area contributed by atoms with Gasteiger partial charge in [0, 0.05) is 10.0 Å². The van der Waals surface area contributed by atoms with E-state index >= 15 is 0 Å². The molecule has 0 atom stereocenters. The second-order valence-corrected chi connectivity index (χ2v) is 5.66. The van der Waals surface area contributed by atoms with Crippen LogP contribution in [0.5, 0.6) is 11.5 Å². The maximum absolute atomic E-state index is 11.9. The standard InChI is InChI=1S/C19H18BrNO3/c1-2-23-17-10-8-15(9-11-17)19(22)21-12-3-4-13-24-18-7-5-6-16(20)14-18/h5-11,14H,2,12-13H2,1H3,(H,21,22). The third-order valence-electron chi connectivity index (χ3n) is 3.00. The predicted octanol–water partition coefficient (Wildman–Crippen LogP) is 3.66. The Bertz CT molecular complexity index is 732. The number of halogens is 1. The minimum Gasteiger partial charge on any atom is -0.494 e. The third-order valence-corrected chi connectivity index (χ3v) is 3.49. The Morgan fingerprint density at radius 2 is 1.88 bits per heavy atom. The van der Waals surface area contributed by atoms with E-state index in [1.165, 1.54) is 0 Å². The van der Waals surface area contributed by atoms with E-state index in [1.54, 1.807) is 24.3 Å². The van der Waals surface area contributed by atoms with Gasteiger partial charge in [0.05, 0.1) is 13.2 Å². The molecule has 0 heterocycles. The van der Waals surface area contributed by atoms with Crippen molar-refractivity contribution in [2.24, 2.45) is 0 Å². The van der Waals surface area contributed by atoms with Crippen LogP contribution in [0.2, 0.25) is 0 Å². The summed E-state index contributed by atoms with van der Waals surface area (Å²) in [5.41, 5.74) is 0.575. The number of nitrogens with one attached hydrogen (secondary N) is 1. The summed E-state index contributed by atoms with van der Waals surface area (Å²) >= 11 is 3.38. The van der Waals surface area contributed by atoms with Crippen LogP contribution in [0.4, 0.5) is 0 Å². The van der Waals surface area contributed by atoms with Crippen LogP contribution in [-0.4, -0.2) is 25.7 Å². The van der Waals surface area contributed by atoms with Crippen molar-refractivity contribution < 1.29 is 14.3 Å². The van der Waals surface area contributed by atoms with Crippen LogP contribution in [0.1, 0.15) is 17.3 Å². The van der Waals surface area contributed by atoms with Gasteiger partial charge in [0.15, 0.2) is 0 Å². The summed E-state index contributed by atoms with van der Waals surface area (Å²) in [6.45, 7) is 3.06. The molecule has 0 saturated carbocycles. The van der Waals surface area contributed by atoms with Crippen LogP contribution in [0.25, 0.3) is 0 Å². The quantitative estimate of drug-likeness (QED) is 0.769. The Morgan fingerprint density at radius 1 is 1.08 bits per heavy atom. The van der Waals surface area contributed by atoms with Crippen molar-refractivity contribution in [1.82, 2.24) is 5.32 Å². The van der Waals surface area contributed by atoms with Gasteiger partial charge in [0.25, 0.3) is 5.91 Å². The van der Waals surface area contributed by atoms with Gasteiger partial charge in [0.1, 0.15) is 18.1 Å². The summed E-state index contributed by atoms with van der Waals surface area (Å²) < 4.78 is 11.8. The monoisotopic (exact) mass is 387 g/mol. The minimum absolute atomic E-state index is 0.166. The van der Waals surface area contributed by atoms with E-state index in [0.717, 1.165) is 16.0 Å². The lowest BCUT2D eigenvalue weighted by molar-refractivity contribution is 0.0958. The largest absolute Gasteiger partial charge is 0.494 e. The Labute approximate surface area is 150 Å². The van der Waals surface area contributed by atoms with Gasteiger partial charge in [-0.05, 0) is 49.4 Å². The van der Waals surface area contributed by atoms with Crippen molar-refractivity contribution in [3.05, 3.63) is 58.6 Å². The van der Waals surface area contributed by atoms with E-state index in [1.807, 2.05) is 31.2 Å². The molecule has 0 aromatic heterocycles. The molecule has 1 amide bonds. The summed E-state index contributed by atoms with van der Waals surface area (Å²) in [5, 5.41) is 2.74. The zero-order valence-corrected chi connectivity index (χ0v) is 14.9. The van der Waals surface area contributed by atoms with E-state index in [4.69, 9.17) is 9.47 Å². The van der Waals surface area contributed by atoms with Gasteiger partial charge in [-0.2, -0.15) is 0 Å². The first kappa shape index (κ1) is 17.9. The summed E-state index contributed by atoms with van der Waals surface area (Å²) in [5.74, 6) is 7.05. The molecule has 0 bridgehead atoms. The van der Waals surface area contributed by atoms with E-state index in [0.29, 0.717) is 12.2 Å². The molecule has 0 fully saturated rings. The van der Waals surface area contributed by atoms with Crippen molar-refractivity contribution in [2.75, 3.05) is 19.8 Å². The van der Waals surface area contributed by atoms with Crippen molar-refractivity contribution in [3.63, 3.8) is 0 Å². The SMILES string of the molecule is CCOc1ccc(C(=O)NCC#CCOc2cccc(Br)c2)cc1. The molecule has 4 nitrogen and oxygen atoms in total. The van der Waals surface area contributed by atoms with E-state index < -0.39 is 0 Å². The highest BCUT2D eigenvalue weighted by molar-refractivity contribution is 9.10. The number of carbonyl (C=O) groups excluding carboxylic acids is 1. The fourth-order valence-electron chi connectivity index (χ4n) is 1.89. The van der Waals surface area contributed by atoms with Crippen LogP contribution in [0, 0.1) is 11.8 Å². The molecule has 0 aliphatic heterocycles. The molecule has 0 saturated heterocycles. The topological polar surface area (TPSA) is 47.6 Å². The molecule has 0 unspecified atom stereocenters. The van der Waals surface area contributed by atoms with Crippen LogP contribution in [0.15, 0.2) is 53.0 Å². The number of amides is 1. The van der Waals surface area contributed by atoms with Gasteiger partial charge in [-0.25, -0.2) is 0 Å². The number of benzene rings is 2. The molecule has 0 aliphatic rings. The lowest BCUT2D eigenvalue weighted by Gasteiger charge is -2.04. The van der Waals surface area contributed by atoms with E-state index in [9.17, 15) is 4.79 Å². The lowest BCUT2D eigenvalue weighted by Crippen LogP contribution is -2.23. The second-order valence-electron chi connectivity index (χ2n) is 4.74. The highest BCUT2D eigenvalue weighted by Gasteiger charge is 2.03. The molecule has 1 N–H and O–H groups in total. The molecule has 2 rings (SSSR count). The average Bonchev–Trinajstić information content (AvgIpc) is 2.59. The Morgan fingerprint density at radius 3 is 2.58 bits per heavy atom. The predicted molar refractivity (Wildman–Crippen MR) is 97.4 cm³/mol. The molecule has 24 heavy (non-hydrogen) atoms. The lowest BCUT2D eigenvalue weighted by atomic mass is 10.2. The first-order valence-electron chi connectivity index (χ1n) is 7.54. The molecule has 0 radical (unpaired) electrons. The molecular formula is C19H18BrNO3. The van der Waals surface area contributed by atoms with Crippen LogP contribution >= 0.6 is 15.9 Å². The van der Waals surface area contributed by atoms with Gasteiger partial charge in [0.2, 0.25) is 0 Å². The Balaban J connectivity index is 1.72. The van der Waals surface area contributed by atoms with E-state index in [-0.39, 0.29) is 19.1 Å². The van der Waals surface area contributed by atoms with Crippen molar-refractivity contribution in [3.8, 4) is 23.3 Å². The molecule has 0 aliphatic carbocycles. The third kappa shape index (κ3) is 5.98. The Kier molecular flexibility index (Phi) is 7.19. The average molecular weight is 388 g/mol. The highest BCUT2D eigenvalue weighted by Crippen LogP contribution is 2.17. The summed E-state index contributed by atoms with van der Waals surface area (Å²) in [4.78, 5) is 11.9. The zero-order chi connectivity index (χ0) is 17.2. The van der Waals surface area contributed by atoms with Crippen LogP contribution in [0.3, 0.4) is 0 Å². The maximum atomic E-state index is 11.9. The first-order chi connectivity index (χ1) is 11.7.